The summed E-state index contributed by atoms with van der Waals surface area (Å²) in [4.78, 5) is 12.5. The molecule has 108 valence electrons. The quantitative estimate of drug-likeness (QED) is 0.767. The Morgan fingerprint density at radius 3 is 1.95 bits per heavy atom. The minimum absolute atomic E-state index is 0.276. The van der Waals surface area contributed by atoms with Crippen LogP contribution in [0.1, 0.15) is 17.3 Å². The fourth-order valence-corrected chi connectivity index (χ4v) is 2.04. The van der Waals surface area contributed by atoms with Crippen LogP contribution in [0.2, 0.25) is 0 Å². The van der Waals surface area contributed by atoms with Gasteiger partial charge in [-0.2, -0.15) is 21.0 Å². The first-order valence-electron chi connectivity index (χ1n) is 6.30. The van der Waals surface area contributed by atoms with Crippen LogP contribution in [0.5, 0.6) is 5.75 Å². The number of rotatable bonds is 5. The molecule has 0 fully saturated rings. The van der Waals surface area contributed by atoms with E-state index in [1.165, 1.54) is 26.2 Å². The molecule has 6 heteroatoms. The molecule has 6 nitrogen and oxygen atoms in total. The molecule has 0 aromatic heterocycles. The van der Waals surface area contributed by atoms with Gasteiger partial charge in [-0.05, 0) is 24.3 Å². The summed E-state index contributed by atoms with van der Waals surface area (Å²) in [5, 5.41) is 36.6. The van der Waals surface area contributed by atoms with Crippen LogP contribution in [0.3, 0.4) is 0 Å². The number of Topliss-reactive ketones (excluding diaryl/α,β-unsaturated/α-hetero) is 1. The predicted molar refractivity (Wildman–Crippen MR) is 74.9 cm³/mol. The Kier molecular flexibility index (Phi) is 5.23. The SMILES string of the molecule is COc1ccc(C(=O)[C@H](C)C(C#N)(C#N)C(C#N)C#N)cc1. The van der Waals surface area contributed by atoms with Crippen molar-refractivity contribution in [2.24, 2.45) is 17.3 Å². The van der Waals surface area contributed by atoms with E-state index in [1.807, 2.05) is 0 Å². The first-order valence-corrected chi connectivity index (χ1v) is 6.30. The van der Waals surface area contributed by atoms with Crippen molar-refractivity contribution in [1.29, 1.82) is 21.0 Å². The number of hydrogen-bond acceptors (Lipinski definition) is 6. The van der Waals surface area contributed by atoms with Crippen LogP contribution < -0.4 is 4.74 Å². The highest BCUT2D eigenvalue weighted by atomic mass is 16.5. The molecule has 0 bridgehead atoms. The molecule has 0 saturated heterocycles. The Balaban J connectivity index is 3.26. The second-order valence-electron chi connectivity index (χ2n) is 4.60. The van der Waals surface area contributed by atoms with E-state index in [0.29, 0.717) is 5.75 Å². The van der Waals surface area contributed by atoms with Crippen LogP contribution in [-0.2, 0) is 0 Å². The lowest BCUT2D eigenvalue weighted by atomic mass is 9.67. The second-order valence-corrected chi connectivity index (χ2v) is 4.60. The molecule has 0 aliphatic rings. The fraction of sp³-hybridized carbons (Fsp3) is 0.312. The van der Waals surface area contributed by atoms with Gasteiger partial charge in [0, 0.05) is 5.56 Å². The number of nitriles is 4. The van der Waals surface area contributed by atoms with Gasteiger partial charge in [0.25, 0.3) is 0 Å². The third-order valence-corrected chi connectivity index (χ3v) is 3.53. The smallest absolute Gasteiger partial charge is 0.182 e. The van der Waals surface area contributed by atoms with E-state index in [-0.39, 0.29) is 5.56 Å². The summed E-state index contributed by atoms with van der Waals surface area (Å²) in [5.41, 5.74) is -1.74. The van der Waals surface area contributed by atoms with E-state index >= 15 is 0 Å². The molecule has 1 aromatic rings. The number of hydrogen-bond donors (Lipinski definition) is 0. The maximum atomic E-state index is 12.5. The Bertz CT molecular complexity index is 698. The Morgan fingerprint density at radius 2 is 1.59 bits per heavy atom. The standard InChI is InChI=1S/C16H12N4O2/c1-11(16(9-19,10-20)13(7-17)8-18)15(21)12-3-5-14(22-2)6-4-12/h3-6,11,13H,1-2H3/t11-/m0/s1. The summed E-state index contributed by atoms with van der Waals surface area (Å²) in [5.74, 6) is -2.57. The summed E-state index contributed by atoms with van der Waals surface area (Å²) >= 11 is 0. The molecule has 0 aliphatic heterocycles. The van der Waals surface area contributed by atoms with Gasteiger partial charge in [0.05, 0.1) is 37.3 Å². The molecule has 0 N–H and O–H groups in total. The van der Waals surface area contributed by atoms with Crippen molar-refractivity contribution in [2.45, 2.75) is 6.92 Å². The number of nitrogens with zero attached hydrogens (tertiary/aromatic N) is 4. The lowest BCUT2D eigenvalue weighted by Gasteiger charge is -2.25. The molecule has 0 radical (unpaired) electrons. The van der Waals surface area contributed by atoms with Gasteiger partial charge < -0.3 is 4.74 Å². The van der Waals surface area contributed by atoms with Crippen molar-refractivity contribution >= 4 is 5.78 Å². The lowest BCUT2D eigenvalue weighted by molar-refractivity contribution is 0.0864. The van der Waals surface area contributed by atoms with E-state index < -0.39 is 23.0 Å². The van der Waals surface area contributed by atoms with Crippen molar-refractivity contribution in [3.8, 4) is 30.0 Å². The van der Waals surface area contributed by atoms with Gasteiger partial charge in [-0.3, -0.25) is 4.79 Å². The Hall–Kier alpha value is -3.35. The normalized spacial score (nSPS) is 11.4. The first-order chi connectivity index (χ1) is 10.5. The third-order valence-electron chi connectivity index (χ3n) is 3.53. The van der Waals surface area contributed by atoms with Gasteiger partial charge in [0.1, 0.15) is 5.75 Å². The highest BCUT2D eigenvalue weighted by Crippen LogP contribution is 2.36. The molecule has 0 saturated carbocycles. The molecule has 0 spiro atoms. The molecule has 1 rings (SSSR count). The number of methoxy groups -OCH3 is 1. The van der Waals surface area contributed by atoms with Crippen LogP contribution in [-0.4, -0.2) is 12.9 Å². The zero-order valence-corrected chi connectivity index (χ0v) is 12.1. The number of benzene rings is 1. The number of carbonyl (C=O) groups is 1. The van der Waals surface area contributed by atoms with Gasteiger partial charge >= 0.3 is 0 Å². The molecule has 0 amide bonds. The zero-order valence-electron chi connectivity index (χ0n) is 12.1. The van der Waals surface area contributed by atoms with Crippen molar-refractivity contribution in [1.82, 2.24) is 0 Å². The predicted octanol–water partition coefficient (Wildman–Crippen LogP) is 2.21. The maximum Gasteiger partial charge on any atom is 0.182 e. The average molecular weight is 292 g/mol. The monoisotopic (exact) mass is 292 g/mol. The maximum absolute atomic E-state index is 12.5. The van der Waals surface area contributed by atoms with E-state index in [1.54, 1.807) is 36.4 Å². The summed E-state index contributed by atoms with van der Waals surface area (Å²) in [6.45, 7) is 1.38. The minimum atomic E-state index is -2.01. The van der Waals surface area contributed by atoms with Crippen LogP contribution >= 0.6 is 0 Å². The van der Waals surface area contributed by atoms with Crippen LogP contribution in [0, 0.1) is 62.6 Å². The molecule has 1 aromatic carbocycles. The highest BCUT2D eigenvalue weighted by Gasteiger charge is 2.49. The largest absolute Gasteiger partial charge is 0.497 e. The Morgan fingerprint density at radius 1 is 1.09 bits per heavy atom. The zero-order chi connectivity index (χ0) is 16.8. The van der Waals surface area contributed by atoms with E-state index in [0.717, 1.165) is 0 Å². The third kappa shape index (κ3) is 2.73. The van der Waals surface area contributed by atoms with Crippen LogP contribution in [0.15, 0.2) is 24.3 Å². The molecule has 22 heavy (non-hydrogen) atoms. The Labute approximate surface area is 128 Å². The van der Waals surface area contributed by atoms with Gasteiger partial charge in [-0.25, -0.2) is 0 Å². The molecule has 1 atom stereocenters. The van der Waals surface area contributed by atoms with Crippen LogP contribution in [0.4, 0.5) is 0 Å². The highest BCUT2D eigenvalue weighted by molar-refractivity contribution is 5.98. The summed E-state index contributed by atoms with van der Waals surface area (Å²) < 4.78 is 4.99. The van der Waals surface area contributed by atoms with Crippen molar-refractivity contribution < 1.29 is 9.53 Å². The molecular formula is C16H12N4O2. The molecule has 0 aliphatic carbocycles. The van der Waals surface area contributed by atoms with Crippen molar-refractivity contribution in [3.63, 3.8) is 0 Å². The molecule has 0 heterocycles. The van der Waals surface area contributed by atoms with Gasteiger partial charge in [-0.1, -0.05) is 6.92 Å². The minimum Gasteiger partial charge on any atom is -0.497 e. The lowest BCUT2D eigenvalue weighted by Crippen LogP contribution is -2.37. The van der Waals surface area contributed by atoms with Crippen LogP contribution in [0.25, 0.3) is 0 Å². The molecule has 0 unspecified atom stereocenters. The van der Waals surface area contributed by atoms with E-state index in [2.05, 4.69) is 0 Å². The topological polar surface area (TPSA) is 121 Å². The van der Waals surface area contributed by atoms with Gasteiger partial charge in [0.15, 0.2) is 17.1 Å². The van der Waals surface area contributed by atoms with E-state index in [4.69, 9.17) is 15.3 Å². The number of ketones is 1. The summed E-state index contributed by atoms with van der Waals surface area (Å²) in [7, 11) is 1.49. The first kappa shape index (κ1) is 16.7. The molecular weight excluding hydrogens is 280 g/mol. The van der Waals surface area contributed by atoms with Gasteiger partial charge in [0.2, 0.25) is 0 Å². The summed E-state index contributed by atoms with van der Waals surface area (Å²) in [6.07, 6.45) is 0. The van der Waals surface area contributed by atoms with E-state index in [9.17, 15) is 15.3 Å². The summed E-state index contributed by atoms with van der Waals surface area (Å²) in [6, 6.07) is 12.8. The van der Waals surface area contributed by atoms with Gasteiger partial charge in [-0.15, -0.1) is 0 Å². The fourth-order valence-electron chi connectivity index (χ4n) is 2.04. The van der Waals surface area contributed by atoms with Crippen molar-refractivity contribution in [2.75, 3.05) is 7.11 Å². The number of carbonyl (C=O) groups excluding carboxylic acids is 1. The second kappa shape index (κ2) is 6.89. The van der Waals surface area contributed by atoms with Crippen molar-refractivity contribution in [3.05, 3.63) is 29.8 Å². The number of ether oxygens (including phenoxy) is 1. The average Bonchev–Trinajstić information content (AvgIpc) is 2.58.